The third kappa shape index (κ3) is 4.06. The monoisotopic (exact) mass is 383 g/mol. The summed E-state index contributed by atoms with van der Waals surface area (Å²) >= 11 is 6.29. The highest BCUT2D eigenvalue weighted by molar-refractivity contribution is 6.34. The number of hydrogen-bond acceptors (Lipinski definition) is 5. The van der Waals surface area contributed by atoms with Crippen molar-refractivity contribution in [3.63, 3.8) is 0 Å². The number of likely N-dealkylation sites (N-methyl/N-ethyl adjacent to an activating group) is 1. The molecular weight excluding hydrogens is 354 g/mol. The molecule has 0 saturated carbocycles. The fourth-order valence-corrected chi connectivity index (χ4v) is 4.24. The first-order valence-electron chi connectivity index (χ1n) is 9.40. The van der Waals surface area contributed by atoms with E-state index in [1.165, 1.54) is 6.42 Å². The molecule has 3 heterocycles. The highest BCUT2D eigenvalue weighted by Gasteiger charge is 2.37. The van der Waals surface area contributed by atoms with Crippen molar-refractivity contribution in [3.8, 4) is 0 Å². The minimum absolute atomic E-state index is 0.108. The first kappa shape index (κ1) is 19.6. The van der Waals surface area contributed by atoms with Crippen molar-refractivity contribution in [2.24, 2.45) is 18.9 Å². The van der Waals surface area contributed by atoms with Crippen LogP contribution in [0, 0.1) is 18.8 Å². The summed E-state index contributed by atoms with van der Waals surface area (Å²) in [5.74, 6) is 0.273. The average Bonchev–Trinajstić information content (AvgIpc) is 3.06. The van der Waals surface area contributed by atoms with Gasteiger partial charge in [-0.1, -0.05) is 11.6 Å². The van der Waals surface area contributed by atoms with Gasteiger partial charge in [0.1, 0.15) is 0 Å². The normalized spacial score (nSPS) is 25.7. The molecule has 1 aromatic rings. The summed E-state index contributed by atoms with van der Waals surface area (Å²) in [7, 11) is 3.95. The molecule has 1 amide bonds. The SMILES string of the molecule is Cc1c(Cl)c(C(=O)N2C[C@@H](CN3CCCN(C)CC3)[C@@H](CO)C2)nn1C. The predicted molar refractivity (Wildman–Crippen MR) is 101 cm³/mol. The Balaban J connectivity index is 1.66. The first-order chi connectivity index (χ1) is 12.4. The molecule has 2 aliphatic heterocycles. The van der Waals surface area contributed by atoms with Crippen molar-refractivity contribution in [3.05, 3.63) is 16.4 Å². The number of hydrogen-bond donors (Lipinski definition) is 1. The number of halogens is 1. The van der Waals surface area contributed by atoms with E-state index in [4.69, 9.17) is 11.6 Å². The summed E-state index contributed by atoms with van der Waals surface area (Å²) in [6.45, 7) is 8.44. The van der Waals surface area contributed by atoms with Crippen LogP contribution in [-0.4, -0.2) is 95.0 Å². The number of aliphatic hydroxyl groups is 1. The number of carbonyl (C=O) groups is 1. The lowest BCUT2D eigenvalue weighted by Gasteiger charge is -2.26. The number of aromatic nitrogens is 2. The standard InChI is InChI=1S/C18H30ClN5O2/c1-13-16(19)17(20-22(13)3)18(26)24-10-14(15(11-24)12-25)9-23-6-4-5-21(2)7-8-23/h14-15,25H,4-12H2,1-3H3/t14-,15-/m1/s1. The molecule has 0 bridgehead atoms. The fraction of sp³-hybridized carbons (Fsp3) is 0.778. The fourth-order valence-electron chi connectivity index (χ4n) is 4.00. The van der Waals surface area contributed by atoms with Gasteiger partial charge in [-0.05, 0) is 39.4 Å². The molecular formula is C18H30ClN5O2. The summed E-state index contributed by atoms with van der Waals surface area (Å²) < 4.78 is 1.64. The van der Waals surface area contributed by atoms with Crippen molar-refractivity contribution in [2.75, 3.05) is 59.5 Å². The lowest BCUT2D eigenvalue weighted by Crippen LogP contribution is -2.36. The molecule has 7 nitrogen and oxygen atoms in total. The topological polar surface area (TPSA) is 64.8 Å². The Morgan fingerprint density at radius 2 is 1.92 bits per heavy atom. The first-order valence-corrected chi connectivity index (χ1v) is 9.78. The van der Waals surface area contributed by atoms with E-state index in [0.717, 1.165) is 38.4 Å². The summed E-state index contributed by atoms with van der Waals surface area (Å²) in [5, 5.41) is 14.5. The van der Waals surface area contributed by atoms with Crippen molar-refractivity contribution in [2.45, 2.75) is 13.3 Å². The molecule has 2 fully saturated rings. The molecule has 2 aliphatic rings. The van der Waals surface area contributed by atoms with Gasteiger partial charge in [-0.25, -0.2) is 0 Å². The van der Waals surface area contributed by atoms with Crippen LogP contribution in [0.25, 0.3) is 0 Å². The van der Waals surface area contributed by atoms with Gasteiger partial charge in [-0.15, -0.1) is 0 Å². The van der Waals surface area contributed by atoms with Crippen molar-refractivity contribution in [1.82, 2.24) is 24.5 Å². The van der Waals surface area contributed by atoms with E-state index in [1.807, 2.05) is 11.8 Å². The summed E-state index contributed by atoms with van der Waals surface area (Å²) in [5.41, 5.74) is 1.11. The third-order valence-corrected chi connectivity index (χ3v) is 6.32. The quantitative estimate of drug-likeness (QED) is 0.829. The minimum atomic E-state index is -0.129. The van der Waals surface area contributed by atoms with Crippen LogP contribution in [0.3, 0.4) is 0 Å². The molecule has 0 aliphatic carbocycles. The van der Waals surface area contributed by atoms with Gasteiger partial charge >= 0.3 is 0 Å². The van der Waals surface area contributed by atoms with Crippen LogP contribution in [0.4, 0.5) is 0 Å². The molecule has 0 spiro atoms. The third-order valence-electron chi connectivity index (χ3n) is 5.87. The van der Waals surface area contributed by atoms with Crippen LogP contribution < -0.4 is 0 Å². The van der Waals surface area contributed by atoms with E-state index >= 15 is 0 Å². The largest absolute Gasteiger partial charge is 0.396 e. The molecule has 1 N–H and O–H groups in total. The van der Waals surface area contributed by atoms with E-state index in [2.05, 4.69) is 21.9 Å². The Hall–Kier alpha value is -1.15. The Bertz CT molecular complexity index is 650. The zero-order valence-corrected chi connectivity index (χ0v) is 16.7. The predicted octanol–water partition coefficient (Wildman–Crippen LogP) is 0.700. The second-order valence-corrected chi connectivity index (χ2v) is 8.12. The number of aryl methyl sites for hydroxylation is 1. The van der Waals surface area contributed by atoms with Crippen LogP contribution in [0.1, 0.15) is 22.6 Å². The minimum Gasteiger partial charge on any atom is -0.396 e. The van der Waals surface area contributed by atoms with E-state index < -0.39 is 0 Å². The zero-order valence-electron chi connectivity index (χ0n) is 16.0. The highest BCUT2D eigenvalue weighted by Crippen LogP contribution is 2.28. The van der Waals surface area contributed by atoms with E-state index in [0.29, 0.717) is 23.8 Å². The number of amides is 1. The second kappa shape index (κ2) is 8.25. The molecule has 0 aromatic carbocycles. The van der Waals surface area contributed by atoms with Gasteiger partial charge in [0.2, 0.25) is 0 Å². The van der Waals surface area contributed by atoms with Gasteiger partial charge < -0.3 is 19.8 Å². The Kier molecular flexibility index (Phi) is 6.22. The maximum absolute atomic E-state index is 12.9. The van der Waals surface area contributed by atoms with E-state index in [1.54, 1.807) is 11.7 Å². The molecule has 3 rings (SSSR count). The Morgan fingerprint density at radius 3 is 2.58 bits per heavy atom. The van der Waals surface area contributed by atoms with Crippen LogP contribution in [0.2, 0.25) is 5.02 Å². The van der Waals surface area contributed by atoms with Crippen LogP contribution in [-0.2, 0) is 7.05 Å². The smallest absolute Gasteiger partial charge is 0.275 e. The Morgan fingerprint density at radius 1 is 1.19 bits per heavy atom. The average molecular weight is 384 g/mol. The van der Waals surface area contributed by atoms with Crippen molar-refractivity contribution >= 4 is 17.5 Å². The van der Waals surface area contributed by atoms with E-state index in [9.17, 15) is 9.90 Å². The van der Waals surface area contributed by atoms with Gasteiger partial charge in [0.05, 0.1) is 10.7 Å². The molecule has 146 valence electrons. The molecule has 2 atom stereocenters. The number of rotatable bonds is 4. The summed E-state index contributed by atoms with van der Waals surface area (Å²) in [4.78, 5) is 19.5. The molecule has 2 saturated heterocycles. The number of likely N-dealkylation sites (tertiary alicyclic amines) is 1. The number of carbonyl (C=O) groups excluding carboxylic acids is 1. The molecule has 26 heavy (non-hydrogen) atoms. The molecule has 1 aromatic heterocycles. The number of aliphatic hydroxyl groups excluding tert-OH is 1. The second-order valence-electron chi connectivity index (χ2n) is 7.74. The lowest BCUT2D eigenvalue weighted by atomic mass is 9.96. The van der Waals surface area contributed by atoms with Crippen LogP contribution in [0.15, 0.2) is 0 Å². The summed E-state index contributed by atoms with van der Waals surface area (Å²) in [6.07, 6.45) is 1.17. The van der Waals surface area contributed by atoms with Crippen molar-refractivity contribution < 1.29 is 9.90 Å². The molecule has 0 unspecified atom stereocenters. The van der Waals surface area contributed by atoms with Gasteiger partial charge in [0, 0.05) is 52.3 Å². The van der Waals surface area contributed by atoms with Crippen molar-refractivity contribution in [1.29, 1.82) is 0 Å². The van der Waals surface area contributed by atoms with Crippen LogP contribution >= 0.6 is 11.6 Å². The van der Waals surface area contributed by atoms with Crippen LogP contribution in [0.5, 0.6) is 0 Å². The van der Waals surface area contributed by atoms with Gasteiger partial charge in [0.25, 0.3) is 5.91 Å². The lowest BCUT2D eigenvalue weighted by molar-refractivity contribution is 0.0772. The number of nitrogens with zero attached hydrogens (tertiary/aromatic N) is 5. The molecule has 8 heteroatoms. The van der Waals surface area contributed by atoms with Gasteiger partial charge in [-0.3, -0.25) is 9.48 Å². The summed E-state index contributed by atoms with van der Waals surface area (Å²) in [6, 6.07) is 0. The maximum Gasteiger partial charge on any atom is 0.275 e. The maximum atomic E-state index is 12.9. The zero-order chi connectivity index (χ0) is 18.8. The van der Waals surface area contributed by atoms with Gasteiger partial charge in [0.15, 0.2) is 5.69 Å². The highest BCUT2D eigenvalue weighted by atomic mass is 35.5. The molecule has 0 radical (unpaired) electrons. The van der Waals surface area contributed by atoms with Gasteiger partial charge in [-0.2, -0.15) is 5.10 Å². The van der Waals surface area contributed by atoms with E-state index in [-0.39, 0.29) is 24.3 Å². The Labute approximate surface area is 160 Å².